The van der Waals surface area contributed by atoms with Crippen LogP contribution in [0.5, 0.6) is 0 Å². The number of fused-ring (bicyclic) bond motifs is 3. The zero-order valence-corrected chi connectivity index (χ0v) is 32.8. The Kier molecular flexibility index (Phi) is 8.92. The second kappa shape index (κ2) is 14.7. The van der Waals surface area contributed by atoms with Gasteiger partial charge in [0.15, 0.2) is 0 Å². The lowest BCUT2D eigenvalue weighted by molar-refractivity contribution is 0.660. The SMILES string of the molecule is CC1(C)c2ccccc2-c2ccc(N(c3ccccc3-c3cccc(-c4ccccc4)c3)c3cccc(-c4ccccc4)c3-c3ccccc3-c3ccccc3)cc21. The second-order valence-corrected chi connectivity index (χ2v) is 15.7. The van der Waals surface area contributed by atoms with Gasteiger partial charge in [-0.3, -0.25) is 0 Å². The minimum Gasteiger partial charge on any atom is -0.309 e. The van der Waals surface area contributed by atoms with E-state index in [4.69, 9.17) is 0 Å². The van der Waals surface area contributed by atoms with Gasteiger partial charge < -0.3 is 4.90 Å². The number of anilines is 3. The van der Waals surface area contributed by atoms with Gasteiger partial charge in [0.25, 0.3) is 0 Å². The second-order valence-electron chi connectivity index (χ2n) is 15.7. The highest BCUT2D eigenvalue weighted by molar-refractivity contribution is 6.03. The van der Waals surface area contributed by atoms with Gasteiger partial charge in [-0.15, -0.1) is 0 Å². The van der Waals surface area contributed by atoms with Crippen molar-refractivity contribution in [1.29, 1.82) is 0 Å². The fourth-order valence-corrected chi connectivity index (χ4v) is 9.09. The first-order valence-electron chi connectivity index (χ1n) is 20.2. The van der Waals surface area contributed by atoms with Crippen LogP contribution >= 0.6 is 0 Å². The molecule has 1 aliphatic carbocycles. The lowest BCUT2D eigenvalue weighted by Crippen LogP contribution is -2.17. The molecule has 0 radical (unpaired) electrons. The molecule has 0 atom stereocenters. The maximum absolute atomic E-state index is 2.52. The molecule has 9 aromatic carbocycles. The molecule has 0 unspecified atom stereocenters. The van der Waals surface area contributed by atoms with Crippen LogP contribution in [0, 0.1) is 0 Å². The molecule has 0 fully saturated rings. The Morgan fingerprint density at radius 2 is 0.776 bits per heavy atom. The van der Waals surface area contributed by atoms with Crippen molar-refractivity contribution >= 4 is 17.1 Å². The van der Waals surface area contributed by atoms with Gasteiger partial charge >= 0.3 is 0 Å². The van der Waals surface area contributed by atoms with Gasteiger partial charge in [-0.2, -0.15) is 0 Å². The van der Waals surface area contributed by atoms with Crippen molar-refractivity contribution in [2.24, 2.45) is 0 Å². The van der Waals surface area contributed by atoms with E-state index in [0.717, 1.165) is 22.6 Å². The Bertz CT molecular complexity index is 2910. The number of hydrogen-bond donors (Lipinski definition) is 0. The first-order chi connectivity index (χ1) is 28.6. The quantitative estimate of drug-likeness (QED) is 0.150. The summed E-state index contributed by atoms with van der Waals surface area (Å²) >= 11 is 0. The summed E-state index contributed by atoms with van der Waals surface area (Å²) in [6, 6.07) is 82.0. The van der Waals surface area contributed by atoms with E-state index in [-0.39, 0.29) is 5.41 Å². The summed E-state index contributed by atoms with van der Waals surface area (Å²) in [5.74, 6) is 0. The highest BCUT2D eigenvalue weighted by Crippen LogP contribution is 2.53. The maximum atomic E-state index is 2.52. The topological polar surface area (TPSA) is 3.24 Å². The number of para-hydroxylation sites is 1. The Balaban J connectivity index is 1.27. The van der Waals surface area contributed by atoms with Crippen LogP contribution in [0.1, 0.15) is 25.0 Å². The van der Waals surface area contributed by atoms with Crippen molar-refractivity contribution in [2.45, 2.75) is 19.3 Å². The number of rotatable bonds is 8. The van der Waals surface area contributed by atoms with Crippen LogP contribution in [0.3, 0.4) is 0 Å². The standard InChI is InChI=1S/C57H43N/c1-57(2)52-33-16-14-30-49(52)50-37-36-45(39-53(50)57)58(54-34-17-15-29-47(54)44-27-18-26-43(38-44)40-20-6-3-7-21-40)55-35-19-32-48(42-24-10-5-11-25-42)56(55)51-31-13-12-28-46(51)41-22-8-4-9-23-41/h3-39H,1-2H3. The Morgan fingerprint density at radius 1 is 0.293 bits per heavy atom. The third-order valence-electron chi connectivity index (χ3n) is 11.9. The van der Waals surface area contributed by atoms with Crippen molar-refractivity contribution in [2.75, 3.05) is 4.90 Å². The van der Waals surface area contributed by atoms with E-state index in [0.29, 0.717) is 0 Å². The summed E-state index contributed by atoms with van der Waals surface area (Å²) in [5.41, 5.74) is 20.4. The van der Waals surface area contributed by atoms with Crippen molar-refractivity contribution in [3.05, 3.63) is 236 Å². The van der Waals surface area contributed by atoms with Crippen LogP contribution in [0.15, 0.2) is 224 Å². The fraction of sp³-hybridized carbons (Fsp3) is 0.0526. The predicted octanol–water partition coefficient (Wildman–Crippen LogP) is 15.8. The van der Waals surface area contributed by atoms with Gasteiger partial charge in [0.05, 0.1) is 11.4 Å². The maximum Gasteiger partial charge on any atom is 0.0546 e. The van der Waals surface area contributed by atoms with Gasteiger partial charge in [0, 0.05) is 22.2 Å². The lowest BCUT2D eigenvalue weighted by atomic mass is 9.82. The first kappa shape index (κ1) is 35.2. The first-order valence-corrected chi connectivity index (χ1v) is 20.2. The summed E-state index contributed by atoms with van der Waals surface area (Å²) in [6.07, 6.45) is 0. The average molecular weight is 742 g/mol. The highest BCUT2D eigenvalue weighted by atomic mass is 15.1. The van der Waals surface area contributed by atoms with Crippen LogP contribution in [0.4, 0.5) is 17.1 Å². The van der Waals surface area contributed by atoms with Crippen LogP contribution in [-0.2, 0) is 5.41 Å². The van der Waals surface area contributed by atoms with Crippen LogP contribution in [-0.4, -0.2) is 0 Å². The fourth-order valence-electron chi connectivity index (χ4n) is 9.09. The predicted molar refractivity (Wildman–Crippen MR) is 246 cm³/mol. The molecule has 276 valence electrons. The van der Waals surface area contributed by atoms with Gasteiger partial charge in [-0.1, -0.05) is 208 Å². The third-order valence-corrected chi connectivity index (χ3v) is 11.9. The summed E-state index contributed by atoms with van der Waals surface area (Å²) in [7, 11) is 0. The Hall–Kier alpha value is -7.22. The zero-order valence-electron chi connectivity index (χ0n) is 32.8. The normalized spacial score (nSPS) is 12.4. The van der Waals surface area contributed by atoms with E-state index in [1.807, 2.05) is 0 Å². The lowest BCUT2D eigenvalue weighted by Gasteiger charge is -2.32. The van der Waals surface area contributed by atoms with E-state index >= 15 is 0 Å². The molecule has 1 heteroatoms. The zero-order chi connectivity index (χ0) is 39.1. The number of benzene rings is 9. The average Bonchev–Trinajstić information content (AvgIpc) is 3.52. The molecule has 1 nitrogen and oxygen atoms in total. The molecule has 10 rings (SSSR count). The highest BCUT2D eigenvalue weighted by Gasteiger charge is 2.36. The van der Waals surface area contributed by atoms with Gasteiger partial charge in [-0.05, 0) is 97.1 Å². The molecule has 9 aromatic rings. The molecule has 0 aliphatic heterocycles. The molecular formula is C57H43N. The van der Waals surface area contributed by atoms with E-state index in [9.17, 15) is 0 Å². The summed E-state index contributed by atoms with van der Waals surface area (Å²) in [6.45, 7) is 4.73. The van der Waals surface area contributed by atoms with Crippen molar-refractivity contribution in [3.63, 3.8) is 0 Å². The minimum absolute atomic E-state index is 0.161. The Morgan fingerprint density at radius 3 is 1.50 bits per heavy atom. The van der Waals surface area contributed by atoms with Crippen molar-refractivity contribution < 1.29 is 0 Å². The molecule has 58 heavy (non-hydrogen) atoms. The van der Waals surface area contributed by atoms with E-state index in [1.54, 1.807) is 0 Å². The van der Waals surface area contributed by atoms with E-state index in [1.165, 1.54) is 72.3 Å². The third kappa shape index (κ3) is 6.13. The van der Waals surface area contributed by atoms with Gasteiger partial charge in [-0.25, -0.2) is 0 Å². The minimum atomic E-state index is -0.161. The number of nitrogens with zero attached hydrogens (tertiary/aromatic N) is 1. The molecule has 0 amide bonds. The van der Waals surface area contributed by atoms with Crippen molar-refractivity contribution in [3.8, 4) is 66.8 Å². The Labute approximate surface area is 342 Å². The summed E-state index contributed by atoms with van der Waals surface area (Å²) in [5, 5.41) is 0. The summed E-state index contributed by atoms with van der Waals surface area (Å²) in [4.78, 5) is 2.52. The van der Waals surface area contributed by atoms with Crippen LogP contribution in [0.2, 0.25) is 0 Å². The molecule has 0 saturated carbocycles. The van der Waals surface area contributed by atoms with Gasteiger partial charge in [0.1, 0.15) is 0 Å². The molecule has 0 heterocycles. The smallest absolute Gasteiger partial charge is 0.0546 e. The van der Waals surface area contributed by atoms with Crippen molar-refractivity contribution in [1.82, 2.24) is 0 Å². The van der Waals surface area contributed by atoms with Crippen LogP contribution in [0.25, 0.3) is 66.8 Å². The molecule has 0 aromatic heterocycles. The largest absolute Gasteiger partial charge is 0.309 e. The molecule has 0 saturated heterocycles. The number of hydrogen-bond acceptors (Lipinski definition) is 1. The monoisotopic (exact) mass is 741 g/mol. The van der Waals surface area contributed by atoms with E-state index < -0.39 is 0 Å². The molecule has 0 bridgehead atoms. The molecule has 0 spiro atoms. The van der Waals surface area contributed by atoms with Crippen LogP contribution < -0.4 is 4.90 Å². The molecule has 0 N–H and O–H groups in total. The van der Waals surface area contributed by atoms with E-state index in [2.05, 4.69) is 243 Å². The molecular weight excluding hydrogens is 699 g/mol. The van der Waals surface area contributed by atoms with Gasteiger partial charge in [0.2, 0.25) is 0 Å². The summed E-state index contributed by atoms with van der Waals surface area (Å²) < 4.78 is 0. The molecule has 1 aliphatic rings.